The van der Waals surface area contributed by atoms with E-state index < -0.39 is 5.91 Å². The molecule has 0 saturated heterocycles. The van der Waals surface area contributed by atoms with Crippen LogP contribution in [0.1, 0.15) is 31.2 Å². The molecule has 0 radical (unpaired) electrons. The van der Waals surface area contributed by atoms with E-state index in [4.69, 9.17) is 9.94 Å². The molecule has 0 aliphatic heterocycles. The maximum absolute atomic E-state index is 11.8. The molecule has 0 aliphatic rings. The fourth-order valence-corrected chi connectivity index (χ4v) is 2.54. The number of hydrogen-bond acceptors (Lipinski definition) is 4. The zero-order chi connectivity index (χ0) is 17.4. The summed E-state index contributed by atoms with van der Waals surface area (Å²) in [5.74, 6) is 0.348. The molecule has 1 aromatic carbocycles. The minimum atomic E-state index is -0.426. The Morgan fingerprint density at radius 1 is 1.21 bits per heavy atom. The van der Waals surface area contributed by atoms with Gasteiger partial charge < -0.3 is 15.0 Å². The second kappa shape index (κ2) is 8.93. The van der Waals surface area contributed by atoms with Crippen LogP contribution < -0.4 is 15.5 Å². The molecule has 2 amide bonds. The highest BCUT2D eigenvalue weighted by Gasteiger charge is 2.07. The SMILES string of the molecule is COc1ccc2[nH]cc(CCNC(=O)CCCCC(=O)NO)c2c1. The zero-order valence-corrected chi connectivity index (χ0v) is 13.7. The van der Waals surface area contributed by atoms with Gasteiger partial charge in [-0.05, 0) is 43.0 Å². The molecular formula is C17H23N3O4. The molecule has 7 nitrogen and oxygen atoms in total. The molecule has 0 unspecified atom stereocenters. The predicted molar refractivity (Wildman–Crippen MR) is 90.0 cm³/mol. The van der Waals surface area contributed by atoms with Crippen LogP contribution in [-0.2, 0) is 16.0 Å². The van der Waals surface area contributed by atoms with Gasteiger partial charge in [-0.25, -0.2) is 5.48 Å². The van der Waals surface area contributed by atoms with Gasteiger partial charge in [-0.2, -0.15) is 0 Å². The maximum atomic E-state index is 11.8. The number of aromatic nitrogens is 1. The molecule has 0 saturated carbocycles. The molecule has 0 fully saturated rings. The fourth-order valence-electron chi connectivity index (χ4n) is 2.54. The van der Waals surface area contributed by atoms with Gasteiger partial charge in [0, 0.05) is 36.5 Å². The van der Waals surface area contributed by atoms with E-state index in [0.717, 1.165) is 28.6 Å². The number of unbranched alkanes of at least 4 members (excludes halogenated alkanes) is 1. The number of benzene rings is 1. The first-order valence-electron chi connectivity index (χ1n) is 7.97. The second-order valence-corrected chi connectivity index (χ2v) is 5.57. The summed E-state index contributed by atoms with van der Waals surface area (Å²) in [5, 5.41) is 12.3. The Balaban J connectivity index is 1.74. The Morgan fingerprint density at radius 3 is 2.67 bits per heavy atom. The van der Waals surface area contributed by atoms with E-state index in [1.165, 1.54) is 0 Å². The smallest absolute Gasteiger partial charge is 0.243 e. The predicted octanol–water partition coefficient (Wildman–Crippen LogP) is 1.90. The van der Waals surface area contributed by atoms with Crippen LogP contribution in [0.25, 0.3) is 10.9 Å². The van der Waals surface area contributed by atoms with Crippen LogP contribution in [0, 0.1) is 0 Å². The number of carbonyl (C=O) groups excluding carboxylic acids is 2. The van der Waals surface area contributed by atoms with Crippen molar-refractivity contribution in [1.82, 2.24) is 15.8 Å². The topological polar surface area (TPSA) is 103 Å². The van der Waals surface area contributed by atoms with Crippen molar-refractivity contribution < 1.29 is 19.5 Å². The number of amides is 2. The number of H-pyrrole nitrogens is 1. The molecular weight excluding hydrogens is 310 g/mol. The molecule has 0 bridgehead atoms. The number of ether oxygens (including phenoxy) is 1. The monoisotopic (exact) mass is 333 g/mol. The number of hydrogen-bond donors (Lipinski definition) is 4. The normalized spacial score (nSPS) is 10.6. The lowest BCUT2D eigenvalue weighted by molar-refractivity contribution is -0.129. The number of aromatic amines is 1. The Morgan fingerprint density at radius 2 is 1.96 bits per heavy atom. The Bertz CT molecular complexity index is 696. The third kappa shape index (κ3) is 4.99. The Kier molecular flexibility index (Phi) is 6.62. The lowest BCUT2D eigenvalue weighted by Gasteiger charge is -2.05. The highest BCUT2D eigenvalue weighted by molar-refractivity contribution is 5.84. The first-order valence-corrected chi connectivity index (χ1v) is 7.97. The summed E-state index contributed by atoms with van der Waals surface area (Å²) in [6, 6.07) is 5.86. The molecule has 0 atom stereocenters. The summed E-state index contributed by atoms with van der Waals surface area (Å²) in [5.41, 5.74) is 3.74. The third-order valence-electron chi connectivity index (χ3n) is 3.87. The molecule has 4 N–H and O–H groups in total. The standard InChI is InChI=1S/C17H23N3O4/c1-24-13-6-7-15-14(10-13)12(11-19-15)8-9-18-16(21)4-2-3-5-17(22)20-23/h6-7,10-11,19,23H,2-5,8-9H2,1H3,(H,18,21)(H,20,22). The van der Waals surface area contributed by atoms with Crippen molar-refractivity contribution in [2.24, 2.45) is 0 Å². The van der Waals surface area contributed by atoms with Gasteiger partial charge in [0.2, 0.25) is 11.8 Å². The van der Waals surface area contributed by atoms with Gasteiger partial charge in [-0.15, -0.1) is 0 Å². The van der Waals surface area contributed by atoms with Crippen molar-refractivity contribution in [3.8, 4) is 5.75 Å². The minimum absolute atomic E-state index is 0.0307. The van der Waals surface area contributed by atoms with Crippen LogP contribution >= 0.6 is 0 Å². The number of carbonyl (C=O) groups is 2. The quantitative estimate of drug-likeness (QED) is 0.320. The van der Waals surface area contributed by atoms with E-state index in [0.29, 0.717) is 25.8 Å². The number of rotatable bonds is 9. The Hall–Kier alpha value is -2.54. The molecule has 130 valence electrons. The molecule has 24 heavy (non-hydrogen) atoms. The summed E-state index contributed by atoms with van der Waals surface area (Å²) < 4.78 is 5.24. The van der Waals surface area contributed by atoms with Crippen molar-refractivity contribution in [2.75, 3.05) is 13.7 Å². The van der Waals surface area contributed by atoms with Crippen molar-refractivity contribution in [2.45, 2.75) is 32.1 Å². The fraction of sp³-hybridized carbons (Fsp3) is 0.412. The minimum Gasteiger partial charge on any atom is -0.497 e. The third-order valence-corrected chi connectivity index (χ3v) is 3.87. The second-order valence-electron chi connectivity index (χ2n) is 5.57. The van der Waals surface area contributed by atoms with E-state index in [1.807, 2.05) is 24.4 Å². The summed E-state index contributed by atoms with van der Waals surface area (Å²) in [6.07, 6.45) is 4.46. The van der Waals surface area contributed by atoms with Crippen LogP contribution in [0.5, 0.6) is 5.75 Å². The number of methoxy groups -OCH3 is 1. The van der Waals surface area contributed by atoms with Crippen LogP contribution in [-0.4, -0.2) is 35.7 Å². The number of fused-ring (bicyclic) bond motifs is 1. The van der Waals surface area contributed by atoms with Crippen LogP contribution in [0.4, 0.5) is 0 Å². The van der Waals surface area contributed by atoms with Crippen LogP contribution in [0.3, 0.4) is 0 Å². The van der Waals surface area contributed by atoms with Gasteiger partial charge >= 0.3 is 0 Å². The summed E-state index contributed by atoms with van der Waals surface area (Å²) >= 11 is 0. The van der Waals surface area contributed by atoms with E-state index in [1.54, 1.807) is 12.6 Å². The van der Waals surface area contributed by atoms with Gasteiger partial charge in [-0.3, -0.25) is 14.8 Å². The molecule has 1 heterocycles. The lowest BCUT2D eigenvalue weighted by atomic mass is 10.1. The average Bonchev–Trinajstić information content (AvgIpc) is 3.00. The largest absolute Gasteiger partial charge is 0.497 e. The highest BCUT2D eigenvalue weighted by atomic mass is 16.5. The van der Waals surface area contributed by atoms with Crippen molar-refractivity contribution >= 4 is 22.7 Å². The van der Waals surface area contributed by atoms with Crippen LogP contribution in [0.2, 0.25) is 0 Å². The van der Waals surface area contributed by atoms with Crippen molar-refractivity contribution in [1.29, 1.82) is 0 Å². The average molecular weight is 333 g/mol. The van der Waals surface area contributed by atoms with E-state index in [-0.39, 0.29) is 12.3 Å². The van der Waals surface area contributed by atoms with E-state index in [2.05, 4.69) is 10.3 Å². The van der Waals surface area contributed by atoms with Crippen molar-refractivity contribution in [3.63, 3.8) is 0 Å². The molecule has 0 spiro atoms. The first-order chi connectivity index (χ1) is 11.6. The molecule has 0 aliphatic carbocycles. The van der Waals surface area contributed by atoms with Crippen molar-refractivity contribution in [3.05, 3.63) is 30.0 Å². The Labute approximate surface area is 140 Å². The van der Waals surface area contributed by atoms with Gasteiger partial charge in [0.05, 0.1) is 7.11 Å². The molecule has 2 rings (SSSR count). The number of hydroxylamine groups is 1. The van der Waals surface area contributed by atoms with Gasteiger partial charge in [0.1, 0.15) is 5.75 Å². The summed E-state index contributed by atoms with van der Waals surface area (Å²) in [4.78, 5) is 25.8. The molecule has 7 heteroatoms. The van der Waals surface area contributed by atoms with E-state index >= 15 is 0 Å². The van der Waals surface area contributed by atoms with Gasteiger partial charge in [0.15, 0.2) is 0 Å². The van der Waals surface area contributed by atoms with Crippen LogP contribution in [0.15, 0.2) is 24.4 Å². The molecule has 1 aromatic heterocycles. The molecule has 2 aromatic rings. The highest BCUT2D eigenvalue weighted by Crippen LogP contribution is 2.23. The summed E-state index contributed by atoms with van der Waals surface area (Å²) in [6.45, 7) is 0.556. The van der Waals surface area contributed by atoms with Gasteiger partial charge in [-0.1, -0.05) is 0 Å². The lowest BCUT2D eigenvalue weighted by Crippen LogP contribution is -2.25. The maximum Gasteiger partial charge on any atom is 0.243 e. The van der Waals surface area contributed by atoms with Gasteiger partial charge in [0.25, 0.3) is 0 Å². The number of nitrogens with one attached hydrogen (secondary N) is 3. The summed E-state index contributed by atoms with van der Waals surface area (Å²) in [7, 11) is 1.64. The zero-order valence-electron chi connectivity index (χ0n) is 13.7. The first kappa shape index (κ1) is 17.8. The van der Waals surface area contributed by atoms with E-state index in [9.17, 15) is 9.59 Å².